The zero-order valence-electron chi connectivity index (χ0n) is 22.8. The summed E-state index contributed by atoms with van der Waals surface area (Å²) in [6.07, 6.45) is -4.54. The van der Waals surface area contributed by atoms with Crippen LogP contribution in [0.4, 0.5) is 33.3 Å². The summed E-state index contributed by atoms with van der Waals surface area (Å²) in [4.78, 5) is 1.71. The van der Waals surface area contributed by atoms with Crippen LogP contribution >= 0.6 is 11.3 Å². The van der Waals surface area contributed by atoms with Gasteiger partial charge in [-0.05, 0) is 42.6 Å². The van der Waals surface area contributed by atoms with Crippen molar-refractivity contribution in [2.45, 2.75) is 35.9 Å². The Labute approximate surface area is 244 Å². The van der Waals surface area contributed by atoms with E-state index in [-0.39, 0.29) is 47.3 Å². The van der Waals surface area contributed by atoms with Crippen LogP contribution in [0, 0.1) is 11.8 Å². The predicted octanol–water partition coefficient (Wildman–Crippen LogP) is 5.00. The first-order chi connectivity index (χ1) is 19.7. The van der Waals surface area contributed by atoms with E-state index in [1.54, 1.807) is 13.1 Å². The summed E-state index contributed by atoms with van der Waals surface area (Å²) in [5, 5.41) is 15.2. The standard InChI is InChI=1S/C28H30F5N3O4S2/c1-36-12-10-25(27(29,30)17-36)35-22-6-3-5-19-20(16-28(31,32)33)24(41-26(19)22)7-4-11-34-21-9-8-18(42(2,38)39)15-23(21)40-14-13-37/h3,5-6,8-9,15,25,34-35,37H,10-14,16-17H2,1-2H3. The number of aliphatic hydroxyl groups excluding tert-OH is 1. The molecule has 1 aliphatic heterocycles. The molecule has 1 fully saturated rings. The van der Waals surface area contributed by atoms with Crippen LogP contribution in [0.25, 0.3) is 10.1 Å². The van der Waals surface area contributed by atoms with E-state index in [2.05, 4.69) is 22.5 Å². The summed E-state index contributed by atoms with van der Waals surface area (Å²) >= 11 is 1.01. The van der Waals surface area contributed by atoms with E-state index in [0.29, 0.717) is 28.0 Å². The maximum Gasteiger partial charge on any atom is 0.393 e. The predicted molar refractivity (Wildman–Crippen MR) is 154 cm³/mol. The first kappa shape index (κ1) is 31.8. The summed E-state index contributed by atoms with van der Waals surface area (Å²) in [7, 11) is -1.91. The van der Waals surface area contributed by atoms with Gasteiger partial charge in [-0.2, -0.15) is 13.2 Å². The minimum Gasteiger partial charge on any atom is -0.489 e. The van der Waals surface area contributed by atoms with E-state index in [1.807, 2.05) is 0 Å². The number of ether oxygens (including phenoxy) is 1. The van der Waals surface area contributed by atoms with Crippen molar-refractivity contribution in [2.24, 2.45) is 0 Å². The van der Waals surface area contributed by atoms with Crippen LogP contribution < -0.4 is 15.4 Å². The highest BCUT2D eigenvalue weighted by Crippen LogP contribution is 2.40. The Morgan fingerprint density at radius 1 is 1.21 bits per heavy atom. The maximum atomic E-state index is 14.7. The molecular formula is C28H30F5N3O4S2. The van der Waals surface area contributed by atoms with Gasteiger partial charge in [0.2, 0.25) is 0 Å². The second kappa shape index (κ2) is 12.6. The molecule has 0 spiro atoms. The molecule has 1 aliphatic rings. The van der Waals surface area contributed by atoms with E-state index >= 15 is 0 Å². The first-order valence-corrected chi connectivity index (χ1v) is 15.6. The number of fused-ring (bicyclic) bond motifs is 1. The fourth-order valence-electron chi connectivity index (χ4n) is 4.65. The number of sulfone groups is 1. The lowest BCUT2D eigenvalue weighted by molar-refractivity contribution is -0.126. The summed E-state index contributed by atoms with van der Waals surface area (Å²) < 4.78 is 99.8. The molecule has 0 aliphatic carbocycles. The van der Waals surface area contributed by atoms with Gasteiger partial charge in [-0.1, -0.05) is 24.0 Å². The summed E-state index contributed by atoms with van der Waals surface area (Å²) in [6.45, 7) is -0.378. The second-order valence-electron chi connectivity index (χ2n) is 10.0. The highest BCUT2D eigenvalue weighted by atomic mass is 32.2. The van der Waals surface area contributed by atoms with Gasteiger partial charge in [0.25, 0.3) is 5.92 Å². The second-order valence-corrected chi connectivity index (χ2v) is 13.1. The highest BCUT2D eigenvalue weighted by molar-refractivity contribution is 7.90. The van der Waals surface area contributed by atoms with Crippen LogP contribution in [0.15, 0.2) is 41.3 Å². The lowest BCUT2D eigenvalue weighted by Crippen LogP contribution is -2.53. The molecule has 0 saturated carbocycles. The summed E-state index contributed by atoms with van der Waals surface area (Å²) in [6, 6.07) is 7.62. The average Bonchev–Trinajstić information content (AvgIpc) is 3.23. The van der Waals surface area contributed by atoms with Gasteiger partial charge in [0, 0.05) is 18.9 Å². The molecule has 3 aromatic rings. The van der Waals surface area contributed by atoms with Gasteiger partial charge in [-0.3, -0.25) is 0 Å². The number of alkyl halides is 5. The Hall–Kier alpha value is -3.12. The Balaban J connectivity index is 1.62. The van der Waals surface area contributed by atoms with Crippen LogP contribution in [0.3, 0.4) is 0 Å². The number of piperidine rings is 1. The minimum atomic E-state index is -4.52. The molecule has 0 bridgehead atoms. The maximum absolute atomic E-state index is 14.7. The number of nitrogens with zero attached hydrogens (tertiary/aromatic N) is 1. The number of anilines is 2. The largest absolute Gasteiger partial charge is 0.489 e. The number of thiophene rings is 1. The Bertz CT molecular complexity index is 1600. The van der Waals surface area contributed by atoms with Crippen molar-refractivity contribution >= 4 is 42.6 Å². The van der Waals surface area contributed by atoms with Crippen molar-refractivity contribution in [2.75, 3.05) is 56.8 Å². The number of hydrogen-bond acceptors (Lipinski definition) is 8. The fraction of sp³-hybridized carbons (Fsp3) is 0.429. The number of hydrogen-bond donors (Lipinski definition) is 3. The summed E-state index contributed by atoms with van der Waals surface area (Å²) in [5.74, 6) is 2.73. The van der Waals surface area contributed by atoms with Crippen molar-refractivity contribution in [1.82, 2.24) is 4.90 Å². The third kappa shape index (κ3) is 7.83. The van der Waals surface area contributed by atoms with Crippen LogP contribution in [-0.2, 0) is 16.3 Å². The van der Waals surface area contributed by atoms with E-state index in [0.717, 1.165) is 17.6 Å². The smallest absolute Gasteiger partial charge is 0.393 e. The number of likely N-dealkylation sites (tertiary alicyclic amines) is 1. The first-order valence-electron chi connectivity index (χ1n) is 12.9. The molecule has 0 amide bonds. The molecule has 228 valence electrons. The van der Waals surface area contributed by atoms with Gasteiger partial charge >= 0.3 is 6.18 Å². The van der Waals surface area contributed by atoms with Crippen LogP contribution in [0.2, 0.25) is 0 Å². The van der Waals surface area contributed by atoms with Crippen molar-refractivity contribution in [1.29, 1.82) is 0 Å². The van der Waals surface area contributed by atoms with Crippen molar-refractivity contribution in [3.05, 3.63) is 46.8 Å². The number of nitrogens with one attached hydrogen (secondary N) is 2. The zero-order chi connectivity index (χ0) is 30.7. The quantitative estimate of drug-likeness (QED) is 0.226. The molecule has 1 aromatic heterocycles. The zero-order valence-corrected chi connectivity index (χ0v) is 24.4. The number of aliphatic hydroxyl groups is 1. The van der Waals surface area contributed by atoms with Crippen molar-refractivity contribution < 1.29 is 40.2 Å². The van der Waals surface area contributed by atoms with E-state index < -0.39 is 40.9 Å². The van der Waals surface area contributed by atoms with Gasteiger partial charge in [0.1, 0.15) is 12.4 Å². The third-order valence-electron chi connectivity index (χ3n) is 6.61. The lowest BCUT2D eigenvalue weighted by atomic mass is 10.0. The number of rotatable bonds is 9. The molecule has 14 heteroatoms. The van der Waals surface area contributed by atoms with Crippen molar-refractivity contribution in [3.63, 3.8) is 0 Å². The molecule has 2 aromatic carbocycles. The Morgan fingerprint density at radius 2 is 1.98 bits per heavy atom. The molecule has 3 N–H and O–H groups in total. The van der Waals surface area contributed by atoms with E-state index in [1.165, 1.54) is 35.2 Å². The van der Waals surface area contributed by atoms with Gasteiger partial charge < -0.3 is 25.4 Å². The topological polar surface area (TPSA) is 90.9 Å². The van der Waals surface area contributed by atoms with Crippen molar-refractivity contribution in [3.8, 4) is 17.6 Å². The van der Waals surface area contributed by atoms with E-state index in [4.69, 9.17) is 9.84 Å². The molecule has 2 heterocycles. The molecule has 7 nitrogen and oxygen atoms in total. The Morgan fingerprint density at radius 3 is 2.64 bits per heavy atom. The summed E-state index contributed by atoms with van der Waals surface area (Å²) in [5.41, 5.74) is 0.679. The molecule has 1 atom stereocenters. The number of halogens is 5. The SMILES string of the molecule is CN1CCC(Nc2cccc3c(CC(F)(F)F)c(C#CCNc4ccc(S(C)(=O)=O)cc4OCCO)sc23)C(F)(F)C1. The fourth-order valence-corrected chi connectivity index (χ4v) is 6.46. The molecular weight excluding hydrogens is 601 g/mol. The molecule has 4 rings (SSSR count). The Kier molecular flexibility index (Phi) is 9.56. The normalized spacial score (nSPS) is 17.5. The molecule has 1 saturated heterocycles. The van der Waals surface area contributed by atoms with Crippen LogP contribution in [0.1, 0.15) is 16.9 Å². The number of benzene rings is 2. The monoisotopic (exact) mass is 631 g/mol. The van der Waals surface area contributed by atoms with Gasteiger partial charge in [0.05, 0.1) is 58.0 Å². The van der Waals surface area contributed by atoms with Gasteiger partial charge in [-0.25, -0.2) is 17.2 Å². The lowest BCUT2D eigenvalue weighted by Gasteiger charge is -2.37. The third-order valence-corrected chi connectivity index (χ3v) is 8.92. The van der Waals surface area contributed by atoms with Crippen LogP contribution in [0.5, 0.6) is 5.75 Å². The average molecular weight is 632 g/mol. The molecule has 0 radical (unpaired) electrons. The van der Waals surface area contributed by atoms with Crippen LogP contribution in [-0.4, -0.2) is 82.7 Å². The highest BCUT2D eigenvalue weighted by Gasteiger charge is 2.44. The minimum absolute atomic E-state index is 0.0107. The molecule has 42 heavy (non-hydrogen) atoms. The molecule has 1 unspecified atom stereocenters. The van der Waals surface area contributed by atoms with Gasteiger partial charge in [-0.15, -0.1) is 11.3 Å². The van der Waals surface area contributed by atoms with E-state index in [9.17, 15) is 30.4 Å². The van der Waals surface area contributed by atoms with Gasteiger partial charge in [0.15, 0.2) is 9.84 Å².